The van der Waals surface area contributed by atoms with E-state index in [0.29, 0.717) is 39.4 Å². The third kappa shape index (κ3) is 11.4. The summed E-state index contributed by atoms with van der Waals surface area (Å²) < 4.78 is 14.9. The van der Waals surface area contributed by atoms with Gasteiger partial charge in [0.15, 0.2) is 0 Å². The molecule has 0 unspecified atom stereocenters. The van der Waals surface area contributed by atoms with E-state index in [1.54, 1.807) is 7.11 Å². The van der Waals surface area contributed by atoms with Gasteiger partial charge in [-0.2, -0.15) is 0 Å². The maximum Gasteiger partial charge on any atom is 0.305 e. The Balaban J connectivity index is 3.11. The van der Waals surface area contributed by atoms with Crippen molar-refractivity contribution in [2.24, 2.45) is 5.73 Å². The molecule has 0 radical (unpaired) electrons. The van der Waals surface area contributed by atoms with E-state index in [4.69, 9.17) is 19.9 Å². The summed E-state index contributed by atoms with van der Waals surface area (Å²) >= 11 is 0. The first-order valence-electron chi connectivity index (χ1n) is 5.73. The van der Waals surface area contributed by atoms with Crippen molar-refractivity contribution >= 4 is 5.97 Å². The number of methoxy groups -OCH3 is 1. The number of ether oxygens (including phenoxy) is 3. The van der Waals surface area contributed by atoms with Gasteiger partial charge in [0.1, 0.15) is 6.61 Å². The average molecular weight is 233 g/mol. The van der Waals surface area contributed by atoms with E-state index in [1.165, 1.54) is 0 Å². The van der Waals surface area contributed by atoms with Crippen molar-refractivity contribution in [1.29, 1.82) is 0 Å². The molecule has 0 aliphatic heterocycles. The van der Waals surface area contributed by atoms with E-state index in [-0.39, 0.29) is 5.97 Å². The fourth-order valence-corrected chi connectivity index (χ4v) is 1.12. The lowest BCUT2D eigenvalue weighted by molar-refractivity contribution is -0.145. The molecule has 0 bridgehead atoms. The minimum Gasteiger partial charge on any atom is -0.463 e. The summed E-state index contributed by atoms with van der Waals surface area (Å²) in [5, 5.41) is 0. The molecule has 0 aromatic carbocycles. The predicted molar refractivity (Wildman–Crippen MR) is 61.2 cm³/mol. The predicted octanol–water partition coefficient (Wildman–Crippen LogP) is 0.712. The van der Waals surface area contributed by atoms with Crippen molar-refractivity contribution < 1.29 is 19.0 Å². The molecule has 0 rings (SSSR count). The molecule has 0 aliphatic carbocycles. The molecule has 16 heavy (non-hydrogen) atoms. The molecule has 0 atom stereocenters. The number of nitrogens with two attached hydrogens (primary N) is 1. The maximum atomic E-state index is 11.2. The van der Waals surface area contributed by atoms with Crippen LogP contribution < -0.4 is 5.73 Å². The molecule has 96 valence electrons. The Morgan fingerprint density at radius 1 is 1.06 bits per heavy atom. The first-order chi connectivity index (χ1) is 7.81. The van der Waals surface area contributed by atoms with Gasteiger partial charge in [-0.15, -0.1) is 0 Å². The number of rotatable bonds is 11. The van der Waals surface area contributed by atoms with Gasteiger partial charge in [0, 0.05) is 13.5 Å². The third-order valence-electron chi connectivity index (χ3n) is 2.01. The number of carbonyl (C=O) groups is 1. The van der Waals surface area contributed by atoms with Crippen LogP contribution in [0.25, 0.3) is 0 Å². The van der Waals surface area contributed by atoms with Gasteiger partial charge in [-0.3, -0.25) is 4.79 Å². The minimum atomic E-state index is -0.160. The summed E-state index contributed by atoms with van der Waals surface area (Å²) in [4.78, 5) is 11.2. The maximum absolute atomic E-state index is 11.2. The highest BCUT2D eigenvalue weighted by molar-refractivity contribution is 5.69. The summed E-state index contributed by atoms with van der Waals surface area (Å²) in [5.74, 6) is -0.160. The van der Waals surface area contributed by atoms with Crippen LogP contribution >= 0.6 is 0 Å². The molecule has 5 nitrogen and oxygen atoms in total. The molecule has 0 fully saturated rings. The topological polar surface area (TPSA) is 70.8 Å². The molecule has 0 amide bonds. The number of hydrogen-bond acceptors (Lipinski definition) is 5. The van der Waals surface area contributed by atoms with Gasteiger partial charge in [0.2, 0.25) is 0 Å². The average Bonchev–Trinajstić information content (AvgIpc) is 2.29. The Kier molecular flexibility index (Phi) is 11.9. The van der Waals surface area contributed by atoms with E-state index in [0.717, 1.165) is 19.3 Å². The number of unbranched alkanes of at least 4 members (excludes halogenated alkanes) is 2. The second-order valence-electron chi connectivity index (χ2n) is 3.42. The van der Waals surface area contributed by atoms with Crippen molar-refractivity contribution in [2.75, 3.05) is 40.1 Å². The lowest BCUT2D eigenvalue weighted by Gasteiger charge is -2.05. The first kappa shape index (κ1) is 15.3. The molecule has 0 heterocycles. The molecular formula is C11H23NO4. The third-order valence-corrected chi connectivity index (χ3v) is 2.01. The van der Waals surface area contributed by atoms with E-state index < -0.39 is 0 Å². The van der Waals surface area contributed by atoms with Crippen LogP contribution in [0, 0.1) is 0 Å². The van der Waals surface area contributed by atoms with Crippen molar-refractivity contribution in [2.45, 2.75) is 25.7 Å². The monoisotopic (exact) mass is 233 g/mol. The summed E-state index contributed by atoms with van der Waals surface area (Å²) in [5.41, 5.74) is 5.34. The van der Waals surface area contributed by atoms with Crippen LogP contribution in [0.4, 0.5) is 0 Å². The molecule has 0 aromatic heterocycles. The minimum absolute atomic E-state index is 0.160. The van der Waals surface area contributed by atoms with Crippen LogP contribution in [0.2, 0.25) is 0 Å². The van der Waals surface area contributed by atoms with Crippen molar-refractivity contribution in [3.8, 4) is 0 Å². The van der Waals surface area contributed by atoms with Gasteiger partial charge in [-0.25, -0.2) is 0 Å². The fourth-order valence-electron chi connectivity index (χ4n) is 1.12. The van der Waals surface area contributed by atoms with Gasteiger partial charge in [-0.05, 0) is 19.4 Å². The Labute approximate surface area is 97.2 Å². The van der Waals surface area contributed by atoms with E-state index in [1.807, 2.05) is 0 Å². The SMILES string of the molecule is COCCOCCOC(=O)CCCCCN. The Hall–Kier alpha value is -0.650. The molecule has 0 aromatic rings. The highest BCUT2D eigenvalue weighted by atomic mass is 16.6. The smallest absolute Gasteiger partial charge is 0.305 e. The zero-order chi connectivity index (χ0) is 12.1. The van der Waals surface area contributed by atoms with Gasteiger partial charge >= 0.3 is 5.97 Å². The van der Waals surface area contributed by atoms with Crippen LogP contribution in [0.5, 0.6) is 0 Å². The fraction of sp³-hybridized carbons (Fsp3) is 0.909. The highest BCUT2D eigenvalue weighted by Gasteiger charge is 2.01. The summed E-state index contributed by atoms with van der Waals surface area (Å²) in [6.07, 6.45) is 3.27. The van der Waals surface area contributed by atoms with Crippen LogP contribution in [0.1, 0.15) is 25.7 Å². The van der Waals surface area contributed by atoms with Crippen molar-refractivity contribution in [3.63, 3.8) is 0 Å². The number of carbonyl (C=O) groups excluding carboxylic acids is 1. The summed E-state index contributed by atoms with van der Waals surface area (Å²) in [6.45, 7) is 2.53. The molecule has 5 heteroatoms. The van der Waals surface area contributed by atoms with Gasteiger partial charge in [0.25, 0.3) is 0 Å². The van der Waals surface area contributed by atoms with Gasteiger partial charge < -0.3 is 19.9 Å². The Morgan fingerprint density at radius 2 is 1.81 bits per heavy atom. The van der Waals surface area contributed by atoms with E-state index in [9.17, 15) is 4.79 Å². The zero-order valence-corrected chi connectivity index (χ0v) is 10.1. The van der Waals surface area contributed by atoms with Crippen molar-refractivity contribution in [3.05, 3.63) is 0 Å². The van der Waals surface area contributed by atoms with Crippen LogP contribution in [-0.4, -0.2) is 46.1 Å². The molecule has 0 saturated heterocycles. The summed E-state index contributed by atoms with van der Waals surface area (Å²) in [6, 6.07) is 0. The Bertz CT molecular complexity index is 164. The van der Waals surface area contributed by atoms with Crippen LogP contribution in [0.15, 0.2) is 0 Å². The second kappa shape index (κ2) is 12.4. The quantitative estimate of drug-likeness (QED) is 0.420. The molecule has 0 aliphatic rings. The largest absolute Gasteiger partial charge is 0.463 e. The van der Waals surface area contributed by atoms with Gasteiger partial charge in [-0.1, -0.05) is 6.42 Å². The second-order valence-corrected chi connectivity index (χ2v) is 3.42. The molecule has 2 N–H and O–H groups in total. The first-order valence-corrected chi connectivity index (χ1v) is 5.73. The highest BCUT2D eigenvalue weighted by Crippen LogP contribution is 2.00. The van der Waals surface area contributed by atoms with Crippen molar-refractivity contribution in [1.82, 2.24) is 0 Å². The van der Waals surface area contributed by atoms with Crippen LogP contribution in [-0.2, 0) is 19.0 Å². The van der Waals surface area contributed by atoms with E-state index in [2.05, 4.69) is 0 Å². The van der Waals surface area contributed by atoms with Gasteiger partial charge in [0.05, 0.1) is 19.8 Å². The zero-order valence-electron chi connectivity index (χ0n) is 10.1. The standard InChI is InChI=1S/C11H23NO4/c1-14-7-8-15-9-10-16-11(13)5-3-2-4-6-12/h2-10,12H2,1H3. The van der Waals surface area contributed by atoms with E-state index >= 15 is 0 Å². The summed E-state index contributed by atoms with van der Waals surface area (Å²) in [7, 11) is 1.62. The Morgan fingerprint density at radius 3 is 2.50 bits per heavy atom. The lowest BCUT2D eigenvalue weighted by Crippen LogP contribution is -2.12. The molecule has 0 saturated carbocycles. The molecule has 0 spiro atoms. The number of esters is 1. The lowest BCUT2D eigenvalue weighted by atomic mass is 10.2. The number of hydrogen-bond donors (Lipinski definition) is 1. The van der Waals surface area contributed by atoms with Crippen LogP contribution in [0.3, 0.4) is 0 Å². The molecular weight excluding hydrogens is 210 g/mol. The normalized spacial score (nSPS) is 10.4.